The molecule has 0 N–H and O–H groups in total. The maximum atomic E-state index is 13.0. The van der Waals surface area contributed by atoms with Crippen LogP contribution in [0.2, 0.25) is 0 Å². The van der Waals surface area contributed by atoms with Crippen LogP contribution in [0.3, 0.4) is 0 Å². The van der Waals surface area contributed by atoms with Gasteiger partial charge in [-0.1, -0.05) is 18.2 Å². The van der Waals surface area contributed by atoms with Crippen molar-refractivity contribution < 1.29 is 22.4 Å². The van der Waals surface area contributed by atoms with Gasteiger partial charge in [-0.3, -0.25) is 14.2 Å². The van der Waals surface area contributed by atoms with Crippen LogP contribution in [-0.4, -0.2) is 46.5 Å². The molecule has 0 bridgehead atoms. The number of aromatic nitrogens is 2. The monoisotopic (exact) mass is 456 g/mol. The lowest BCUT2D eigenvalue weighted by molar-refractivity contribution is -0.137. The number of carbonyl (C=O) groups is 1. The first-order valence-electron chi connectivity index (χ1n) is 10.4. The van der Waals surface area contributed by atoms with Crippen molar-refractivity contribution in [2.45, 2.75) is 12.7 Å². The third-order valence-electron chi connectivity index (χ3n) is 5.83. The highest BCUT2D eigenvalue weighted by atomic mass is 19.4. The van der Waals surface area contributed by atoms with Crippen LogP contribution in [0.5, 0.6) is 0 Å². The van der Waals surface area contributed by atoms with Crippen LogP contribution in [0.4, 0.5) is 18.9 Å². The fraction of sp³-hybridized carbons (Fsp3) is 0.261. The van der Waals surface area contributed by atoms with Crippen LogP contribution < -0.4 is 10.5 Å². The van der Waals surface area contributed by atoms with E-state index in [1.54, 1.807) is 23.1 Å². The Hall–Kier alpha value is -3.82. The van der Waals surface area contributed by atoms with Gasteiger partial charge in [-0.05, 0) is 30.3 Å². The second kappa shape index (κ2) is 7.95. The molecule has 1 fully saturated rings. The Morgan fingerprint density at radius 3 is 2.55 bits per heavy atom. The lowest BCUT2D eigenvalue weighted by atomic mass is 10.1. The largest absolute Gasteiger partial charge is 0.448 e. The van der Waals surface area contributed by atoms with Crippen molar-refractivity contribution in [2.75, 3.05) is 31.1 Å². The molecule has 33 heavy (non-hydrogen) atoms. The number of rotatable bonds is 3. The summed E-state index contributed by atoms with van der Waals surface area (Å²) in [5.74, 6) is -0.266. The van der Waals surface area contributed by atoms with Gasteiger partial charge in [-0.25, -0.2) is 4.98 Å². The number of nitrogens with zero attached hydrogens (tertiary/aromatic N) is 4. The minimum absolute atomic E-state index is 0.0980. The first-order chi connectivity index (χ1) is 15.8. The van der Waals surface area contributed by atoms with Gasteiger partial charge in [0, 0.05) is 37.3 Å². The van der Waals surface area contributed by atoms with E-state index < -0.39 is 17.3 Å². The molecule has 1 aliphatic heterocycles. The molecule has 0 atom stereocenters. The van der Waals surface area contributed by atoms with Crippen molar-refractivity contribution in [2.24, 2.45) is 0 Å². The van der Waals surface area contributed by atoms with Crippen LogP contribution in [0.15, 0.2) is 64.1 Å². The lowest BCUT2D eigenvalue weighted by Crippen LogP contribution is -2.50. The summed E-state index contributed by atoms with van der Waals surface area (Å²) in [7, 11) is 0. The topological polar surface area (TPSA) is 71.6 Å². The van der Waals surface area contributed by atoms with Crippen LogP contribution in [0.25, 0.3) is 22.1 Å². The number of carbonyl (C=O) groups excluding carboxylic acids is 1. The molecule has 1 aliphatic rings. The quantitative estimate of drug-likeness (QED) is 0.472. The summed E-state index contributed by atoms with van der Waals surface area (Å²) in [6.45, 7) is 1.27. The molecular weight excluding hydrogens is 437 g/mol. The number of benzene rings is 2. The van der Waals surface area contributed by atoms with Crippen LogP contribution in [-0.2, 0) is 17.5 Å². The van der Waals surface area contributed by atoms with E-state index in [0.29, 0.717) is 43.0 Å². The molecule has 0 radical (unpaired) electrons. The number of fused-ring (bicyclic) bond motifs is 3. The summed E-state index contributed by atoms with van der Waals surface area (Å²) in [6, 6.07) is 12.3. The van der Waals surface area contributed by atoms with Crippen LogP contribution in [0.1, 0.15) is 5.56 Å². The molecule has 170 valence electrons. The van der Waals surface area contributed by atoms with E-state index in [0.717, 1.165) is 17.5 Å². The number of alkyl halides is 3. The standard InChI is InChI=1S/C23H19F3N4O3/c24-23(25,26)15-4-3-5-16(12-15)28-8-10-29(11-9-28)19(31)13-30-14-27-20-17-6-1-2-7-18(17)33-21(20)22(30)32/h1-7,12,14H,8-11,13H2. The number of piperazine rings is 1. The Morgan fingerprint density at radius 1 is 1.03 bits per heavy atom. The van der Waals surface area contributed by atoms with Gasteiger partial charge in [-0.2, -0.15) is 13.2 Å². The van der Waals surface area contributed by atoms with Gasteiger partial charge in [0.05, 0.1) is 11.9 Å². The van der Waals surface area contributed by atoms with Crippen LogP contribution >= 0.6 is 0 Å². The van der Waals surface area contributed by atoms with Crippen molar-refractivity contribution in [3.63, 3.8) is 0 Å². The molecule has 2 aromatic carbocycles. The number of anilines is 1. The molecule has 0 spiro atoms. The zero-order valence-electron chi connectivity index (χ0n) is 17.4. The Kier molecular flexibility index (Phi) is 5.07. The summed E-state index contributed by atoms with van der Waals surface area (Å²) in [4.78, 5) is 33.3. The maximum absolute atomic E-state index is 13.0. The Morgan fingerprint density at radius 2 is 1.79 bits per heavy atom. The smallest absolute Gasteiger partial charge is 0.416 e. The highest BCUT2D eigenvalue weighted by Gasteiger charge is 2.31. The zero-order chi connectivity index (χ0) is 23.2. The van der Waals surface area contributed by atoms with Gasteiger partial charge in [0.25, 0.3) is 5.56 Å². The zero-order valence-corrected chi connectivity index (χ0v) is 17.4. The van der Waals surface area contributed by atoms with Crippen LogP contribution in [0, 0.1) is 0 Å². The van der Waals surface area contributed by atoms with E-state index in [1.165, 1.54) is 17.0 Å². The first-order valence-corrected chi connectivity index (χ1v) is 10.4. The number of amides is 1. The molecule has 10 heteroatoms. The minimum Gasteiger partial charge on any atom is -0.448 e. The molecular formula is C23H19F3N4O3. The third-order valence-corrected chi connectivity index (χ3v) is 5.83. The van der Waals surface area contributed by atoms with Gasteiger partial charge < -0.3 is 14.2 Å². The average molecular weight is 456 g/mol. The molecule has 5 rings (SSSR count). The second-order valence-corrected chi connectivity index (χ2v) is 7.87. The van der Waals surface area contributed by atoms with Crippen molar-refractivity contribution in [1.29, 1.82) is 0 Å². The molecule has 7 nitrogen and oxygen atoms in total. The van der Waals surface area contributed by atoms with Gasteiger partial charge in [0.15, 0.2) is 0 Å². The summed E-state index contributed by atoms with van der Waals surface area (Å²) < 4.78 is 45.8. The fourth-order valence-electron chi connectivity index (χ4n) is 4.07. The van der Waals surface area contributed by atoms with E-state index in [-0.39, 0.29) is 18.0 Å². The third kappa shape index (κ3) is 3.92. The van der Waals surface area contributed by atoms with E-state index in [2.05, 4.69) is 4.98 Å². The minimum atomic E-state index is -4.41. The normalized spacial score (nSPS) is 14.9. The van der Waals surface area contributed by atoms with E-state index in [9.17, 15) is 22.8 Å². The highest BCUT2D eigenvalue weighted by Crippen LogP contribution is 2.32. The Bertz CT molecular complexity index is 1400. The SMILES string of the molecule is O=C(Cn1cnc2c(oc3ccccc32)c1=O)N1CCN(c2cccc(C(F)(F)F)c2)CC1. The number of para-hydroxylation sites is 1. The number of hydrogen-bond acceptors (Lipinski definition) is 5. The molecule has 3 heterocycles. The molecule has 2 aromatic heterocycles. The van der Waals surface area contributed by atoms with Gasteiger partial charge in [0.2, 0.25) is 11.5 Å². The van der Waals surface area contributed by atoms with Crippen molar-refractivity contribution in [3.05, 3.63) is 70.8 Å². The molecule has 0 saturated carbocycles. The van der Waals surface area contributed by atoms with Crippen molar-refractivity contribution >= 4 is 33.7 Å². The number of furan rings is 1. The molecule has 1 saturated heterocycles. The van der Waals surface area contributed by atoms with Crippen molar-refractivity contribution in [1.82, 2.24) is 14.5 Å². The highest BCUT2D eigenvalue weighted by molar-refractivity contribution is 6.01. The second-order valence-electron chi connectivity index (χ2n) is 7.87. The summed E-state index contributed by atoms with van der Waals surface area (Å²) >= 11 is 0. The summed E-state index contributed by atoms with van der Waals surface area (Å²) in [5.41, 5.74) is 0.424. The predicted molar refractivity (Wildman–Crippen MR) is 116 cm³/mol. The van der Waals surface area contributed by atoms with E-state index in [1.807, 2.05) is 17.0 Å². The lowest BCUT2D eigenvalue weighted by Gasteiger charge is -2.36. The first kappa shape index (κ1) is 21.0. The average Bonchev–Trinajstić information content (AvgIpc) is 3.20. The Balaban J connectivity index is 1.28. The van der Waals surface area contributed by atoms with Crippen molar-refractivity contribution in [3.8, 4) is 0 Å². The van der Waals surface area contributed by atoms with Gasteiger partial charge in [0.1, 0.15) is 17.6 Å². The Labute approximate surface area is 185 Å². The van der Waals surface area contributed by atoms with E-state index >= 15 is 0 Å². The molecule has 0 unspecified atom stereocenters. The van der Waals surface area contributed by atoms with Gasteiger partial charge >= 0.3 is 6.18 Å². The number of hydrogen-bond donors (Lipinski definition) is 0. The molecule has 1 amide bonds. The molecule has 4 aromatic rings. The fourth-order valence-corrected chi connectivity index (χ4v) is 4.07. The summed E-state index contributed by atoms with van der Waals surface area (Å²) in [5, 5.41) is 0.730. The number of halogens is 3. The predicted octanol–water partition coefficient (Wildman–Crippen LogP) is 3.51. The van der Waals surface area contributed by atoms with Gasteiger partial charge in [-0.15, -0.1) is 0 Å². The van der Waals surface area contributed by atoms with E-state index in [4.69, 9.17) is 4.42 Å². The summed E-state index contributed by atoms with van der Waals surface area (Å²) in [6.07, 6.45) is -3.07. The maximum Gasteiger partial charge on any atom is 0.416 e. The molecule has 0 aliphatic carbocycles.